The van der Waals surface area contributed by atoms with E-state index in [1.165, 1.54) is 0 Å². The third-order valence-corrected chi connectivity index (χ3v) is 5.03. The van der Waals surface area contributed by atoms with Gasteiger partial charge in [-0.3, -0.25) is 4.79 Å². The summed E-state index contributed by atoms with van der Waals surface area (Å²) in [7, 11) is 0. The Bertz CT molecular complexity index is 312. The molecule has 0 spiro atoms. The Hall–Kier alpha value is -0.910. The van der Waals surface area contributed by atoms with Crippen LogP contribution in [0.15, 0.2) is 5.16 Å². The van der Waals surface area contributed by atoms with Crippen LogP contribution < -0.4 is 5.73 Å². The third-order valence-electron chi connectivity index (χ3n) is 3.63. The summed E-state index contributed by atoms with van der Waals surface area (Å²) in [5.41, 5.74) is 5.77. The highest BCUT2D eigenvalue weighted by molar-refractivity contribution is 8.00. The minimum Gasteiger partial charge on any atom is -0.409 e. The Balaban J connectivity index is 2.56. The molecule has 1 heterocycles. The number of unbranched alkanes of at least 4 members (excludes halogenated alkanes) is 1. The number of nitrogens with zero attached hydrogens (tertiary/aromatic N) is 2. The molecule has 0 aromatic rings. The molecule has 1 fully saturated rings. The molecule has 0 bridgehead atoms. The molecular weight excluding hydrogens is 250 g/mol. The molecule has 104 valence electrons. The Morgan fingerprint density at radius 2 is 2.11 bits per heavy atom. The van der Waals surface area contributed by atoms with Crippen LogP contribution in [-0.4, -0.2) is 45.9 Å². The molecule has 3 N–H and O–H groups in total. The maximum Gasteiger partial charge on any atom is 0.222 e. The number of rotatable bonds is 5. The predicted octanol–water partition coefficient (Wildman–Crippen LogP) is 1.65. The van der Waals surface area contributed by atoms with Crippen molar-refractivity contribution >= 4 is 23.5 Å². The van der Waals surface area contributed by atoms with Crippen molar-refractivity contribution in [3.05, 3.63) is 0 Å². The molecule has 1 aliphatic heterocycles. The summed E-state index contributed by atoms with van der Waals surface area (Å²) in [5.74, 6) is 0.502. The predicted molar refractivity (Wildman–Crippen MR) is 75.0 cm³/mol. The van der Waals surface area contributed by atoms with Gasteiger partial charge in [-0.15, -0.1) is 0 Å². The summed E-state index contributed by atoms with van der Waals surface area (Å²) in [6.07, 6.45) is 6.09. The van der Waals surface area contributed by atoms with E-state index >= 15 is 0 Å². The van der Waals surface area contributed by atoms with Gasteiger partial charge in [0.25, 0.3) is 0 Å². The number of nitrogens with two attached hydrogens (primary N) is 1. The van der Waals surface area contributed by atoms with E-state index in [1.807, 2.05) is 11.2 Å². The second kappa shape index (κ2) is 6.87. The van der Waals surface area contributed by atoms with Gasteiger partial charge in [0, 0.05) is 19.5 Å². The normalized spacial score (nSPS) is 19.9. The molecular formula is C12H23N3O2S. The van der Waals surface area contributed by atoms with Crippen LogP contribution in [0.4, 0.5) is 0 Å². The second-order valence-corrected chi connectivity index (χ2v) is 5.86. The summed E-state index contributed by atoms with van der Waals surface area (Å²) in [4.78, 5) is 13.8. The Morgan fingerprint density at radius 3 is 2.56 bits per heavy atom. The fraction of sp³-hybridized carbons (Fsp3) is 0.833. The maximum atomic E-state index is 11.9. The van der Waals surface area contributed by atoms with Gasteiger partial charge in [0.2, 0.25) is 5.91 Å². The first-order valence-electron chi connectivity index (χ1n) is 6.40. The van der Waals surface area contributed by atoms with Crippen molar-refractivity contribution in [1.82, 2.24) is 4.90 Å². The highest BCUT2D eigenvalue weighted by atomic mass is 32.2. The molecule has 0 aliphatic carbocycles. The van der Waals surface area contributed by atoms with E-state index in [0.29, 0.717) is 19.5 Å². The smallest absolute Gasteiger partial charge is 0.222 e. The number of piperidine rings is 1. The van der Waals surface area contributed by atoms with E-state index < -0.39 is 0 Å². The fourth-order valence-corrected chi connectivity index (χ4v) is 3.10. The van der Waals surface area contributed by atoms with Gasteiger partial charge >= 0.3 is 0 Å². The van der Waals surface area contributed by atoms with E-state index in [9.17, 15) is 4.79 Å². The summed E-state index contributed by atoms with van der Waals surface area (Å²) >= 11 is 1.60. The number of likely N-dealkylation sites (tertiary alicyclic amines) is 1. The first kappa shape index (κ1) is 15.1. The quantitative estimate of drug-likeness (QED) is 0.345. The molecule has 1 aliphatic rings. The minimum atomic E-state index is -0.309. The molecule has 5 nitrogen and oxygen atoms in total. The SMILES string of the molecule is CCCCC(=O)N1CCC(SC)(C(N)=NO)CC1. The summed E-state index contributed by atoms with van der Waals surface area (Å²) in [5, 5.41) is 12.0. The summed E-state index contributed by atoms with van der Waals surface area (Å²) in [6, 6.07) is 0. The van der Waals surface area contributed by atoms with Crippen molar-refractivity contribution in [2.45, 2.75) is 43.8 Å². The molecule has 6 heteroatoms. The van der Waals surface area contributed by atoms with Crippen molar-refractivity contribution < 1.29 is 10.0 Å². The van der Waals surface area contributed by atoms with Gasteiger partial charge in [-0.2, -0.15) is 11.8 Å². The van der Waals surface area contributed by atoms with Crippen LogP contribution in [0.1, 0.15) is 39.0 Å². The van der Waals surface area contributed by atoms with Crippen molar-refractivity contribution in [2.24, 2.45) is 10.9 Å². The molecule has 1 saturated heterocycles. The van der Waals surface area contributed by atoms with Gasteiger partial charge in [0.15, 0.2) is 5.84 Å². The molecule has 0 radical (unpaired) electrons. The maximum absolute atomic E-state index is 11.9. The summed E-state index contributed by atoms with van der Waals surface area (Å²) < 4.78 is -0.309. The van der Waals surface area contributed by atoms with E-state index in [2.05, 4.69) is 12.1 Å². The Morgan fingerprint density at radius 1 is 1.50 bits per heavy atom. The van der Waals surface area contributed by atoms with Gasteiger partial charge in [-0.1, -0.05) is 18.5 Å². The molecule has 0 saturated carbocycles. The molecule has 0 aromatic carbocycles. The molecule has 0 atom stereocenters. The van der Waals surface area contributed by atoms with Gasteiger partial charge in [-0.25, -0.2) is 0 Å². The van der Waals surface area contributed by atoms with Crippen LogP contribution in [0.5, 0.6) is 0 Å². The van der Waals surface area contributed by atoms with Crippen LogP contribution in [0.25, 0.3) is 0 Å². The van der Waals surface area contributed by atoms with Crippen LogP contribution >= 0.6 is 11.8 Å². The lowest BCUT2D eigenvalue weighted by molar-refractivity contribution is -0.132. The van der Waals surface area contributed by atoms with Crippen molar-refractivity contribution in [3.63, 3.8) is 0 Å². The van der Waals surface area contributed by atoms with Gasteiger partial charge in [0.1, 0.15) is 0 Å². The van der Waals surface area contributed by atoms with E-state index in [0.717, 1.165) is 25.7 Å². The lowest BCUT2D eigenvalue weighted by atomic mass is 9.94. The molecule has 18 heavy (non-hydrogen) atoms. The van der Waals surface area contributed by atoms with Gasteiger partial charge < -0.3 is 15.8 Å². The van der Waals surface area contributed by atoms with Gasteiger partial charge in [0.05, 0.1) is 4.75 Å². The van der Waals surface area contributed by atoms with E-state index in [1.54, 1.807) is 11.8 Å². The number of hydrogen-bond donors (Lipinski definition) is 2. The number of hydrogen-bond acceptors (Lipinski definition) is 4. The number of amides is 1. The number of thioether (sulfide) groups is 1. The fourth-order valence-electron chi connectivity index (χ4n) is 2.26. The number of oxime groups is 1. The topological polar surface area (TPSA) is 78.9 Å². The Kier molecular flexibility index (Phi) is 5.78. The van der Waals surface area contributed by atoms with Crippen LogP contribution in [-0.2, 0) is 4.79 Å². The summed E-state index contributed by atoms with van der Waals surface area (Å²) in [6.45, 7) is 3.47. The zero-order valence-corrected chi connectivity index (χ0v) is 12.0. The monoisotopic (exact) mass is 273 g/mol. The molecule has 0 aromatic heterocycles. The lowest BCUT2D eigenvalue weighted by Crippen LogP contribution is -2.51. The van der Waals surface area contributed by atoms with Crippen molar-refractivity contribution in [2.75, 3.05) is 19.3 Å². The van der Waals surface area contributed by atoms with E-state index in [-0.39, 0.29) is 16.5 Å². The zero-order valence-electron chi connectivity index (χ0n) is 11.2. The highest BCUT2D eigenvalue weighted by Crippen LogP contribution is 2.35. The average molecular weight is 273 g/mol. The first-order chi connectivity index (χ1) is 8.59. The number of amidine groups is 1. The largest absolute Gasteiger partial charge is 0.409 e. The van der Waals surface area contributed by atoms with Gasteiger partial charge in [-0.05, 0) is 25.5 Å². The highest BCUT2D eigenvalue weighted by Gasteiger charge is 2.39. The Labute approximate surface area is 113 Å². The van der Waals surface area contributed by atoms with Crippen molar-refractivity contribution in [1.29, 1.82) is 0 Å². The standard InChI is InChI=1S/C12H23N3O2S/c1-3-4-5-10(16)15-8-6-12(18-2,7-9-15)11(13)14-17/h17H,3-9H2,1-2H3,(H2,13,14). The minimum absolute atomic E-state index is 0.228. The molecule has 1 rings (SSSR count). The van der Waals surface area contributed by atoms with Crippen molar-refractivity contribution in [3.8, 4) is 0 Å². The van der Waals surface area contributed by atoms with Crippen LogP contribution in [0, 0.1) is 0 Å². The molecule has 0 unspecified atom stereocenters. The average Bonchev–Trinajstić information content (AvgIpc) is 2.43. The zero-order chi connectivity index (χ0) is 13.6. The lowest BCUT2D eigenvalue weighted by Gasteiger charge is -2.39. The third kappa shape index (κ3) is 3.31. The first-order valence-corrected chi connectivity index (χ1v) is 7.63. The number of carbonyl (C=O) groups is 1. The number of carbonyl (C=O) groups excluding carboxylic acids is 1. The van der Waals surface area contributed by atoms with E-state index in [4.69, 9.17) is 10.9 Å². The van der Waals surface area contributed by atoms with Crippen LogP contribution in [0.3, 0.4) is 0 Å². The molecule has 1 amide bonds. The second-order valence-electron chi connectivity index (χ2n) is 4.67. The van der Waals surface area contributed by atoms with Crippen LogP contribution in [0.2, 0.25) is 0 Å².